The minimum absolute atomic E-state index is 0.0637. The summed E-state index contributed by atoms with van der Waals surface area (Å²) in [6, 6.07) is 0. The molecular formula is C55H96O5. The highest BCUT2D eigenvalue weighted by atomic mass is 16.6. The largest absolute Gasteiger partial charge is 0.462 e. The van der Waals surface area contributed by atoms with Gasteiger partial charge in [0.25, 0.3) is 0 Å². The number of carbonyl (C=O) groups is 2. The average molecular weight is 837 g/mol. The molecule has 0 saturated carbocycles. The summed E-state index contributed by atoms with van der Waals surface area (Å²) in [5, 5.41) is 0. The van der Waals surface area contributed by atoms with Gasteiger partial charge in [-0.15, -0.1) is 0 Å². The summed E-state index contributed by atoms with van der Waals surface area (Å²) < 4.78 is 17.4. The molecule has 0 fully saturated rings. The third-order valence-electron chi connectivity index (χ3n) is 10.7. The van der Waals surface area contributed by atoms with Gasteiger partial charge in [0.05, 0.1) is 6.61 Å². The van der Waals surface area contributed by atoms with Crippen LogP contribution >= 0.6 is 0 Å². The molecule has 0 aliphatic carbocycles. The predicted octanol–water partition coefficient (Wildman–Crippen LogP) is 17.1. The first-order valence-electron chi connectivity index (χ1n) is 25.5. The van der Waals surface area contributed by atoms with Gasteiger partial charge in [-0.2, -0.15) is 0 Å². The maximum atomic E-state index is 12.8. The smallest absolute Gasteiger partial charge is 0.306 e. The molecule has 0 bridgehead atoms. The summed E-state index contributed by atoms with van der Waals surface area (Å²) in [5.74, 6) is -0.434. The zero-order valence-electron chi connectivity index (χ0n) is 39.7. The quantitative estimate of drug-likeness (QED) is 0.0347. The van der Waals surface area contributed by atoms with Gasteiger partial charge in [-0.05, 0) is 109 Å². The van der Waals surface area contributed by atoms with Crippen molar-refractivity contribution in [3.05, 3.63) is 72.9 Å². The van der Waals surface area contributed by atoms with E-state index in [1.807, 2.05) is 0 Å². The summed E-state index contributed by atoms with van der Waals surface area (Å²) in [6.07, 6.45) is 64.8. The molecule has 0 heterocycles. The van der Waals surface area contributed by atoms with Crippen LogP contribution in [0.2, 0.25) is 0 Å². The molecule has 5 nitrogen and oxygen atoms in total. The Hall–Kier alpha value is -2.66. The Morgan fingerprint density at radius 3 is 1.25 bits per heavy atom. The normalized spacial score (nSPS) is 12.8. The van der Waals surface area contributed by atoms with Crippen molar-refractivity contribution in [2.24, 2.45) is 0 Å². The lowest BCUT2D eigenvalue weighted by Gasteiger charge is -2.18. The van der Waals surface area contributed by atoms with Crippen molar-refractivity contribution in [3.8, 4) is 0 Å². The molecular weight excluding hydrogens is 741 g/mol. The van der Waals surface area contributed by atoms with E-state index in [1.54, 1.807) is 0 Å². The minimum Gasteiger partial charge on any atom is -0.462 e. The molecule has 0 radical (unpaired) electrons. The molecule has 0 aliphatic heterocycles. The molecule has 346 valence electrons. The molecule has 5 heteroatoms. The monoisotopic (exact) mass is 837 g/mol. The standard InChI is InChI=1S/C55H96O5/c1-4-7-10-13-16-19-22-25-28-30-33-36-39-42-45-48-54(56)59-52-53(51-58-50-47-44-41-38-35-32-27-24-21-18-15-12-9-6-3)60-55(57)49-46-43-40-37-34-31-29-26-23-20-17-14-11-8-5-2/h9,12,16,18-19,21,25-29,32,53H,4-8,10-11,13-15,17,20,22-24,30-31,33-52H2,1-3H3/b12-9-,19-16-,21-18-,28-25-,29-26-,32-27-. The van der Waals surface area contributed by atoms with Gasteiger partial charge in [-0.3, -0.25) is 9.59 Å². The van der Waals surface area contributed by atoms with Crippen LogP contribution in [0.25, 0.3) is 0 Å². The Labute approximate surface area is 372 Å². The third-order valence-corrected chi connectivity index (χ3v) is 10.7. The lowest BCUT2D eigenvalue weighted by atomic mass is 10.1. The van der Waals surface area contributed by atoms with Crippen LogP contribution < -0.4 is 0 Å². The van der Waals surface area contributed by atoms with Gasteiger partial charge in [0.2, 0.25) is 0 Å². The van der Waals surface area contributed by atoms with Gasteiger partial charge in [0.15, 0.2) is 6.10 Å². The third kappa shape index (κ3) is 48.0. The van der Waals surface area contributed by atoms with Crippen molar-refractivity contribution in [2.45, 2.75) is 245 Å². The number of esters is 2. The zero-order chi connectivity index (χ0) is 43.5. The number of rotatable bonds is 46. The fourth-order valence-corrected chi connectivity index (χ4v) is 6.90. The molecule has 0 aromatic rings. The van der Waals surface area contributed by atoms with Crippen molar-refractivity contribution >= 4 is 11.9 Å². The van der Waals surface area contributed by atoms with Crippen molar-refractivity contribution in [1.29, 1.82) is 0 Å². The van der Waals surface area contributed by atoms with E-state index in [9.17, 15) is 9.59 Å². The molecule has 0 rings (SSSR count). The maximum absolute atomic E-state index is 12.8. The summed E-state index contributed by atoms with van der Waals surface area (Å²) in [4.78, 5) is 25.4. The molecule has 1 unspecified atom stereocenters. The van der Waals surface area contributed by atoms with Crippen LogP contribution in [0.15, 0.2) is 72.9 Å². The van der Waals surface area contributed by atoms with Crippen LogP contribution in [0.5, 0.6) is 0 Å². The predicted molar refractivity (Wildman–Crippen MR) is 260 cm³/mol. The molecule has 0 aromatic heterocycles. The van der Waals surface area contributed by atoms with Crippen molar-refractivity contribution in [3.63, 3.8) is 0 Å². The van der Waals surface area contributed by atoms with Crippen molar-refractivity contribution < 1.29 is 23.8 Å². The number of carbonyl (C=O) groups excluding carboxylic acids is 2. The van der Waals surface area contributed by atoms with Crippen LogP contribution in [0.3, 0.4) is 0 Å². The highest BCUT2D eigenvalue weighted by Gasteiger charge is 2.17. The van der Waals surface area contributed by atoms with Crippen LogP contribution in [-0.4, -0.2) is 37.9 Å². The first-order valence-corrected chi connectivity index (χ1v) is 25.5. The Balaban J connectivity index is 4.34. The van der Waals surface area contributed by atoms with Crippen LogP contribution in [-0.2, 0) is 23.8 Å². The van der Waals surface area contributed by atoms with E-state index in [2.05, 4.69) is 93.7 Å². The molecule has 1 atom stereocenters. The second-order valence-corrected chi connectivity index (χ2v) is 16.7. The fourth-order valence-electron chi connectivity index (χ4n) is 6.90. The number of unbranched alkanes of at least 4 members (excludes halogenated alkanes) is 23. The first-order chi connectivity index (χ1) is 29.6. The minimum atomic E-state index is -0.559. The van der Waals surface area contributed by atoms with E-state index in [0.29, 0.717) is 19.4 Å². The van der Waals surface area contributed by atoms with Gasteiger partial charge in [0.1, 0.15) is 6.61 Å². The Bertz CT molecular complexity index is 1080. The molecule has 0 spiro atoms. The summed E-state index contributed by atoms with van der Waals surface area (Å²) in [5.41, 5.74) is 0. The first kappa shape index (κ1) is 57.3. The van der Waals surface area contributed by atoms with Gasteiger partial charge >= 0.3 is 11.9 Å². The van der Waals surface area contributed by atoms with E-state index in [-0.39, 0.29) is 25.2 Å². The van der Waals surface area contributed by atoms with Crippen molar-refractivity contribution in [1.82, 2.24) is 0 Å². The summed E-state index contributed by atoms with van der Waals surface area (Å²) in [6.45, 7) is 7.62. The lowest BCUT2D eigenvalue weighted by Crippen LogP contribution is -2.30. The number of hydrogen-bond donors (Lipinski definition) is 0. The van der Waals surface area contributed by atoms with E-state index >= 15 is 0 Å². The second kappa shape index (κ2) is 50.7. The Morgan fingerprint density at radius 1 is 0.383 bits per heavy atom. The number of hydrogen-bond acceptors (Lipinski definition) is 5. The number of allylic oxidation sites excluding steroid dienone is 12. The van der Waals surface area contributed by atoms with E-state index in [1.165, 1.54) is 109 Å². The van der Waals surface area contributed by atoms with Gasteiger partial charge in [0, 0.05) is 19.4 Å². The van der Waals surface area contributed by atoms with Crippen LogP contribution in [0.4, 0.5) is 0 Å². The Morgan fingerprint density at radius 2 is 0.750 bits per heavy atom. The van der Waals surface area contributed by atoms with Gasteiger partial charge < -0.3 is 14.2 Å². The second-order valence-electron chi connectivity index (χ2n) is 16.7. The average Bonchev–Trinajstić information content (AvgIpc) is 3.25. The van der Waals surface area contributed by atoms with E-state index < -0.39 is 6.10 Å². The number of ether oxygens (including phenoxy) is 3. The van der Waals surface area contributed by atoms with E-state index in [0.717, 1.165) is 96.3 Å². The highest BCUT2D eigenvalue weighted by Crippen LogP contribution is 2.13. The maximum Gasteiger partial charge on any atom is 0.306 e. The fraction of sp³-hybridized carbons (Fsp3) is 0.745. The van der Waals surface area contributed by atoms with Crippen LogP contribution in [0.1, 0.15) is 239 Å². The van der Waals surface area contributed by atoms with E-state index in [4.69, 9.17) is 14.2 Å². The highest BCUT2D eigenvalue weighted by molar-refractivity contribution is 5.70. The topological polar surface area (TPSA) is 61.8 Å². The molecule has 0 aromatic carbocycles. The van der Waals surface area contributed by atoms with Crippen LogP contribution in [0, 0.1) is 0 Å². The molecule has 60 heavy (non-hydrogen) atoms. The summed E-state index contributed by atoms with van der Waals surface area (Å²) in [7, 11) is 0. The van der Waals surface area contributed by atoms with Gasteiger partial charge in [-0.25, -0.2) is 0 Å². The SMILES string of the molecule is CC/C=C\C/C=C\C/C=C\CCCCCCOCC(COC(=O)CCCCCCC/C=C\C/C=C\CCCCC)OC(=O)CCCCCCC/C=C\CCCCCCCC. The Kier molecular flexibility index (Phi) is 48.4. The summed E-state index contributed by atoms with van der Waals surface area (Å²) >= 11 is 0. The van der Waals surface area contributed by atoms with Gasteiger partial charge in [-0.1, -0.05) is 190 Å². The molecule has 0 N–H and O–H groups in total. The lowest BCUT2D eigenvalue weighted by molar-refractivity contribution is -0.163. The molecule has 0 aliphatic rings. The molecule has 0 saturated heterocycles. The molecule has 0 amide bonds. The van der Waals surface area contributed by atoms with Crippen molar-refractivity contribution in [2.75, 3.05) is 19.8 Å². The zero-order valence-corrected chi connectivity index (χ0v) is 39.7.